The second-order valence-electron chi connectivity index (χ2n) is 3.27. The van der Waals surface area contributed by atoms with Crippen molar-refractivity contribution in [1.29, 1.82) is 0 Å². The molecule has 0 atom stereocenters. The van der Waals surface area contributed by atoms with E-state index < -0.39 is 5.97 Å². The molecule has 5 heteroatoms. The van der Waals surface area contributed by atoms with E-state index in [9.17, 15) is 4.79 Å². The largest absolute Gasteiger partial charge is 0.477 e. The summed E-state index contributed by atoms with van der Waals surface area (Å²) in [5, 5.41) is 12.8. The molecule has 0 saturated heterocycles. The molecule has 96 valence electrons. The molecule has 2 aromatic rings. The number of aromatic carboxylic acids is 1. The van der Waals surface area contributed by atoms with E-state index in [1.807, 2.05) is 26.0 Å². The molecule has 0 spiro atoms. The maximum Gasteiger partial charge on any atom is 0.341 e. The highest BCUT2D eigenvalue weighted by atomic mass is 79.9. The summed E-state index contributed by atoms with van der Waals surface area (Å²) in [7, 11) is 0. The van der Waals surface area contributed by atoms with Crippen molar-refractivity contribution in [2.24, 2.45) is 0 Å². The third-order valence-electron chi connectivity index (χ3n) is 2.19. The SMILES string of the molecule is CC.Cc1onc(-c2ccc(Br)cc2)c1C(=O)O. The standard InChI is InChI=1S/C11H8BrNO3.C2H6/c1-6-9(11(14)15)10(13-16-6)7-2-4-8(12)5-3-7;1-2/h2-5H,1H3,(H,14,15);1-2H3. The Bertz CT molecular complexity index is 532. The van der Waals surface area contributed by atoms with Crippen LogP contribution in [-0.4, -0.2) is 16.2 Å². The molecule has 1 heterocycles. The van der Waals surface area contributed by atoms with Gasteiger partial charge >= 0.3 is 5.97 Å². The molecule has 4 nitrogen and oxygen atoms in total. The zero-order valence-corrected chi connectivity index (χ0v) is 12.0. The molecule has 1 aromatic heterocycles. The molecule has 0 unspecified atom stereocenters. The number of halogens is 1. The van der Waals surface area contributed by atoms with Gasteiger partial charge in [0.05, 0.1) is 0 Å². The molecule has 0 saturated carbocycles. The molecule has 0 amide bonds. The Morgan fingerprint density at radius 2 is 1.83 bits per heavy atom. The van der Waals surface area contributed by atoms with E-state index in [-0.39, 0.29) is 5.56 Å². The summed E-state index contributed by atoms with van der Waals surface area (Å²) in [6.07, 6.45) is 0. The van der Waals surface area contributed by atoms with E-state index in [0.717, 1.165) is 10.0 Å². The first kappa shape index (κ1) is 14.4. The predicted molar refractivity (Wildman–Crippen MR) is 72.7 cm³/mol. The number of carbonyl (C=O) groups is 1. The highest BCUT2D eigenvalue weighted by Gasteiger charge is 2.20. The van der Waals surface area contributed by atoms with Crippen LogP contribution in [0.5, 0.6) is 0 Å². The van der Waals surface area contributed by atoms with Gasteiger partial charge in [0, 0.05) is 10.0 Å². The lowest BCUT2D eigenvalue weighted by molar-refractivity contribution is 0.0696. The van der Waals surface area contributed by atoms with Crippen LogP contribution < -0.4 is 0 Å². The van der Waals surface area contributed by atoms with Gasteiger partial charge in [-0.15, -0.1) is 0 Å². The van der Waals surface area contributed by atoms with Gasteiger partial charge in [-0.05, 0) is 19.1 Å². The van der Waals surface area contributed by atoms with E-state index in [4.69, 9.17) is 9.63 Å². The van der Waals surface area contributed by atoms with Gasteiger partial charge in [-0.2, -0.15) is 0 Å². The van der Waals surface area contributed by atoms with Crippen LogP contribution in [0.2, 0.25) is 0 Å². The number of hydrogen-bond donors (Lipinski definition) is 1. The third-order valence-corrected chi connectivity index (χ3v) is 2.72. The topological polar surface area (TPSA) is 63.3 Å². The smallest absolute Gasteiger partial charge is 0.341 e. The summed E-state index contributed by atoms with van der Waals surface area (Å²) < 4.78 is 5.82. The van der Waals surface area contributed by atoms with Crippen LogP contribution in [0, 0.1) is 6.92 Å². The zero-order valence-electron chi connectivity index (χ0n) is 10.4. The second kappa shape index (κ2) is 6.35. The number of hydrogen-bond acceptors (Lipinski definition) is 3. The molecule has 1 aromatic carbocycles. The highest BCUT2D eigenvalue weighted by molar-refractivity contribution is 9.10. The molecular weight excluding hydrogens is 298 g/mol. The van der Waals surface area contributed by atoms with Crippen molar-refractivity contribution >= 4 is 21.9 Å². The quantitative estimate of drug-likeness (QED) is 0.905. The van der Waals surface area contributed by atoms with Gasteiger partial charge in [-0.1, -0.05) is 47.1 Å². The van der Waals surface area contributed by atoms with Crippen LogP contribution in [0.25, 0.3) is 11.3 Å². The minimum absolute atomic E-state index is 0.113. The lowest BCUT2D eigenvalue weighted by Crippen LogP contribution is -1.99. The maximum absolute atomic E-state index is 11.0. The van der Waals surface area contributed by atoms with Gasteiger partial charge in [0.1, 0.15) is 17.0 Å². The van der Waals surface area contributed by atoms with Crippen LogP contribution >= 0.6 is 15.9 Å². The Kier molecular flexibility index (Phi) is 5.09. The predicted octanol–water partition coefficient (Wildman–Crippen LogP) is 4.14. The van der Waals surface area contributed by atoms with E-state index in [0.29, 0.717) is 11.5 Å². The molecule has 0 aliphatic rings. The molecule has 0 radical (unpaired) electrons. The van der Waals surface area contributed by atoms with Gasteiger partial charge in [0.25, 0.3) is 0 Å². The maximum atomic E-state index is 11.0. The molecule has 1 N–H and O–H groups in total. The van der Waals surface area contributed by atoms with Gasteiger partial charge in [-0.3, -0.25) is 0 Å². The fourth-order valence-corrected chi connectivity index (χ4v) is 1.69. The number of benzene rings is 1. The molecule has 0 bridgehead atoms. The first-order chi connectivity index (χ1) is 8.59. The van der Waals surface area contributed by atoms with E-state index >= 15 is 0 Å². The van der Waals surface area contributed by atoms with Crippen LogP contribution in [0.4, 0.5) is 0 Å². The van der Waals surface area contributed by atoms with Gasteiger partial charge in [0.2, 0.25) is 0 Å². The molecule has 0 aliphatic heterocycles. The third kappa shape index (κ3) is 2.98. The fraction of sp³-hybridized carbons (Fsp3) is 0.231. The zero-order chi connectivity index (χ0) is 13.7. The number of carboxylic acids is 1. The Morgan fingerprint density at radius 1 is 1.28 bits per heavy atom. The van der Waals surface area contributed by atoms with E-state index in [1.54, 1.807) is 19.1 Å². The van der Waals surface area contributed by atoms with Crippen LogP contribution in [0.1, 0.15) is 30.0 Å². The number of rotatable bonds is 2. The van der Waals surface area contributed by atoms with Crippen molar-refractivity contribution in [2.45, 2.75) is 20.8 Å². The summed E-state index contributed by atoms with van der Waals surface area (Å²) in [6.45, 7) is 5.58. The lowest BCUT2D eigenvalue weighted by Gasteiger charge is -1.98. The fourth-order valence-electron chi connectivity index (χ4n) is 1.43. The average Bonchev–Trinajstić information content (AvgIpc) is 2.75. The van der Waals surface area contributed by atoms with Crippen molar-refractivity contribution < 1.29 is 14.4 Å². The highest BCUT2D eigenvalue weighted by Crippen LogP contribution is 2.26. The number of carboxylic acid groups (broad SMARTS) is 1. The second-order valence-corrected chi connectivity index (χ2v) is 4.19. The average molecular weight is 312 g/mol. The van der Waals surface area contributed by atoms with E-state index in [1.165, 1.54) is 0 Å². The van der Waals surface area contributed by atoms with Crippen LogP contribution in [0.15, 0.2) is 33.3 Å². The Hall–Kier alpha value is -1.62. The molecule has 0 aliphatic carbocycles. The van der Waals surface area contributed by atoms with Crippen molar-refractivity contribution in [2.75, 3.05) is 0 Å². The van der Waals surface area contributed by atoms with Crippen molar-refractivity contribution in [3.8, 4) is 11.3 Å². The molecule has 0 fully saturated rings. The minimum Gasteiger partial charge on any atom is -0.477 e. The van der Waals surface area contributed by atoms with Crippen molar-refractivity contribution in [3.63, 3.8) is 0 Å². The van der Waals surface area contributed by atoms with Gasteiger partial charge in [-0.25, -0.2) is 4.79 Å². The number of aromatic nitrogens is 1. The minimum atomic E-state index is -1.03. The van der Waals surface area contributed by atoms with Gasteiger partial charge in [0.15, 0.2) is 0 Å². The first-order valence-electron chi connectivity index (χ1n) is 5.55. The van der Waals surface area contributed by atoms with E-state index in [2.05, 4.69) is 21.1 Å². The Morgan fingerprint density at radius 3 is 2.33 bits per heavy atom. The summed E-state index contributed by atoms with van der Waals surface area (Å²) >= 11 is 3.31. The van der Waals surface area contributed by atoms with Crippen LogP contribution in [-0.2, 0) is 0 Å². The lowest BCUT2D eigenvalue weighted by atomic mass is 10.1. The number of nitrogens with zero attached hydrogens (tertiary/aromatic N) is 1. The Labute approximate surface area is 114 Å². The first-order valence-corrected chi connectivity index (χ1v) is 6.34. The van der Waals surface area contributed by atoms with Gasteiger partial charge < -0.3 is 9.63 Å². The van der Waals surface area contributed by atoms with Crippen molar-refractivity contribution in [1.82, 2.24) is 5.16 Å². The van der Waals surface area contributed by atoms with Crippen molar-refractivity contribution in [3.05, 3.63) is 40.1 Å². The summed E-state index contributed by atoms with van der Waals surface area (Å²) in [5.41, 5.74) is 1.19. The summed E-state index contributed by atoms with van der Waals surface area (Å²) in [6, 6.07) is 7.22. The van der Waals surface area contributed by atoms with Crippen LogP contribution in [0.3, 0.4) is 0 Å². The number of aryl methyl sites for hydroxylation is 1. The normalized spacial score (nSPS) is 9.56. The Balaban J connectivity index is 0.000000771. The molecular formula is C13H14BrNO3. The summed E-state index contributed by atoms with van der Waals surface area (Å²) in [5.74, 6) is -0.720. The molecule has 2 rings (SSSR count). The summed E-state index contributed by atoms with van der Waals surface area (Å²) in [4.78, 5) is 11.0. The molecule has 18 heavy (non-hydrogen) atoms. The monoisotopic (exact) mass is 311 g/mol.